The molecule has 204 valence electrons. The van der Waals surface area contributed by atoms with Crippen molar-refractivity contribution < 1.29 is 9.72 Å². The molecule has 0 atom stereocenters. The number of aromatic nitrogens is 4. The van der Waals surface area contributed by atoms with Crippen molar-refractivity contribution in [3.8, 4) is 0 Å². The van der Waals surface area contributed by atoms with Gasteiger partial charge in [0.15, 0.2) is 11.4 Å². The van der Waals surface area contributed by atoms with Gasteiger partial charge in [-0.15, -0.1) is 0 Å². The monoisotopic (exact) mass is 570 g/mol. The number of carbonyl (C=O) groups excluding carboxylic acids is 1. The van der Waals surface area contributed by atoms with Gasteiger partial charge in [0.2, 0.25) is 5.95 Å². The van der Waals surface area contributed by atoms with E-state index >= 15 is 0 Å². The number of carbonyl (C=O) groups is 1. The zero-order chi connectivity index (χ0) is 29.0. The third-order valence-corrected chi connectivity index (χ3v) is 20.3. The summed E-state index contributed by atoms with van der Waals surface area (Å²) in [4.78, 5) is 42.1. The minimum atomic E-state index is -2.44. The summed E-state index contributed by atoms with van der Waals surface area (Å²) in [6.07, 6.45) is 1.49. The average Bonchev–Trinajstić information content (AvgIpc) is 3.24. The topological polar surface area (TPSA) is 141 Å². The quantitative estimate of drug-likeness (QED) is 0.0694. The number of aromatic amines is 1. The number of nitro benzene ring substituents is 1. The Morgan fingerprint density at radius 1 is 1.03 bits per heavy atom. The molecule has 0 radical (unpaired) electrons. The molecule has 0 saturated carbocycles. The number of nitro groups is 1. The first kappa shape index (κ1) is 29.7. The molecule has 2 heterocycles. The van der Waals surface area contributed by atoms with E-state index in [2.05, 4.69) is 94.2 Å². The first-order chi connectivity index (χ1) is 17.2. The molecule has 1 aromatic carbocycles. The van der Waals surface area contributed by atoms with E-state index < -0.39 is 16.1 Å². The van der Waals surface area contributed by atoms with E-state index in [1.165, 1.54) is 6.33 Å². The maximum absolute atomic E-state index is 13.9. The predicted molar refractivity (Wildman–Crippen MR) is 162 cm³/mol. The van der Waals surface area contributed by atoms with Gasteiger partial charge in [-0.05, 0) is 22.2 Å². The number of nitrogens with two attached hydrogens (primary N) is 1. The van der Waals surface area contributed by atoms with E-state index in [1.807, 2.05) is 0 Å². The van der Waals surface area contributed by atoms with Crippen LogP contribution in [0.25, 0.3) is 11.2 Å². The van der Waals surface area contributed by atoms with Gasteiger partial charge in [-0.1, -0.05) is 86.1 Å². The van der Waals surface area contributed by atoms with E-state index in [0.717, 1.165) is 11.8 Å². The largest absolute Gasteiger partial charge is 0.368 e. The van der Waals surface area contributed by atoms with Gasteiger partial charge >= 0.3 is 0 Å². The molecule has 9 nitrogen and oxygen atoms in total. The van der Waals surface area contributed by atoms with Crippen LogP contribution in [0.2, 0.25) is 36.3 Å². The Bertz CT molecular complexity index is 1400. The zero-order valence-corrected chi connectivity index (χ0v) is 26.8. The van der Waals surface area contributed by atoms with E-state index in [1.54, 1.807) is 12.1 Å². The number of allylic oxidation sites excluding steroid dienone is 1. The minimum absolute atomic E-state index is 0.0445. The Morgan fingerprint density at radius 2 is 1.53 bits per heavy atom. The van der Waals surface area contributed by atoms with Gasteiger partial charge in [0, 0.05) is 15.9 Å². The molecule has 0 bridgehead atoms. The standard InChI is InChI=1S/C26H38N6O3SSi2/c1-15(36-23-19-22(29-14-28-19)30-24(27)31-23)21(33)16-12-17(37(8,9)25(2,3)4)20(32(34)35)18(13-16)38(10,11)26(5,6)7/h12-14H,1H2,2-11H3,(H3,27,28,29,30,31). The number of nitrogens with one attached hydrogen (secondary N) is 1. The number of hydrogen-bond acceptors (Lipinski definition) is 8. The molecule has 3 N–H and O–H groups in total. The molecule has 0 amide bonds. The maximum Gasteiger partial charge on any atom is 0.267 e. The van der Waals surface area contributed by atoms with Crippen molar-refractivity contribution in [2.75, 3.05) is 5.73 Å². The molecule has 3 aromatic rings. The van der Waals surface area contributed by atoms with Crippen LogP contribution < -0.4 is 16.1 Å². The fourth-order valence-electron chi connectivity index (χ4n) is 3.94. The van der Waals surface area contributed by atoms with Crippen molar-refractivity contribution in [3.05, 3.63) is 45.6 Å². The molecule has 0 aliphatic rings. The van der Waals surface area contributed by atoms with Gasteiger partial charge in [0.25, 0.3) is 5.69 Å². The average molecular weight is 571 g/mol. The number of fused-ring (bicyclic) bond motifs is 1. The summed E-state index contributed by atoms with van der Waals surface area (Å²) in [5, 5.41) is 14.2. The Kier molecular flexibility index (Phi) is 7.60. The smallest absolute Gasteiger partial charge is 0.267 e. The van der Waals surface area contributed by atoms with Crippen LogP contribution in [0.1, 0.15) is 51.9 Å². The number of nitrogens with zero attached hydrogens (tertiary/aromatic N) is 4. The van der Waals surface area contributed by atoms with Crippen molar-refractivity contribution in [1.29, 1.82) is 0 Å². The number of hydrogen-bond donors (Lipinski definition) is 2. The van der Waals surface area contributed by atoms with Crippen LogP contribution in [0.3, 0.4) is 0 Å². The second-order valence-corrected chi connectivity index (χ2v) is 24.4. The fraction of sp³-hybridized carbons (Fsp3) is 0.462. The molecule has 38 heavy (non-hydrogen) atoms. The SMILES string of the molecule is C=C(Sc1nc(N)nc2nc[nH]c12)C(=O)c1cc([Si](C)(C)C(C)(C)C)c([N+](=O)[O-])c([Si](C)(C)C(C)(C)C)c1. The number of rotatable bonds is 7. The number of nitrogen functional groups attached to an aromatic ring is 1. The zero-order valence-electron chi connectivity index (χ0n) is 23.9. The molecule has 2 aromatic heterocycles. The second kappa shape index (κ2) is 9.72. The lowest BCUT2D eigenvalue weighted by Crippen LogP contribution is -2.56. The van der Waals surface area contributed by atoms with E-state index in [0.29, 0.717) is 32.1 Å². The summed E-state index contributed by atoms with van der Waals surface area (Å²) in [6, 6.07) is 3.50. The number of ketones is 1. The van der Waals surface area contributed by atoms with Crippen LogP contribution in [0.5, 0.6) is 0 Å². The first-order valence-electron chi connectivity index (χ1n) is 12.4. The molecular weight excluding hydrogens is 533 g/mol. The maximum atomic E-state index is 13.9. The normalized spacial score (nSPS) is 13.1. The predicted octanol–water partition coefficient (Wildman–Crippen LogP) is 5.76. The lowest BCUT2D eigenvalue weighted by atomic mass is 10.1. The van der Waals surface area contributed by atoms with Crippen molar-refractivity contribution in [2.45, 2.75) is 82.8 Å². The van der Waals surface area contributed by atoms with Gasteiger partial charge in [0.05, 0.1) is 32.3 Å². The van der Waals surface area contributed by atoms with Crippen molar-refractivity contribution in [1.82, 2.24) is 19.9 Å². The molecular formula is C26H38N6O3SSi2. The lowest BCUT2D eigenvalue weighted by molar-refractivity contribution is -0.382. The summed E-state index contributed by atoms with van der Waals surface area (Å²) in [7, 11) is -4.87. The third-order valence-electron chi connectivity index (χ3n) is 8.39. The van der Waals surface area contributed by atoms with Crippen LogP contribution in [0, 0.1) is 10.1 Å². The van der Waals surface area contributed by atoms with Crippen molar-refractivity contribution in [3.63, 3.8) is 0 Å². The molecule has 0 aliphatic heterocycles. The van der Waals surface area contributed by atoms with Gasteiger partial charge in [-0.2, -0.15) is 4.98 Å². The molecule has 0 saturated heterocycles. The van der Waals surface area contributed by atoms with Gasteiger partial charge in [-0.3, -0.25) is 14.9 Å². The minimum Gasteiger partial charge on any atom is -0.368 e. The molecule has 0 spiro atoms. The fourth-order valence-corrected chi connectivity index (χ4v) is 9.19. The molecule has 0 aliphatic carbocycles. The summed E-state index contributed by atoms with van der Waals surface area (Å²) >= 11 is 1.09. The highest BCUT2D eigenvalue weighted by Crippen LogP contribution is 2.41. The Morgan fingerprint density at radius 3 is 1.97 bits per heavy atom. The number of imidazole rings is 1. The first-order valence-corrected chi connectivity index (χ1v) is 19.2. The van der Waals surface area contributed by atoms with E-state index in [4.69, 9.17) is 5.73 Å². The summed E-state index contributed by atoms with van der Waals surface area (Å²) < 4.78 is 0. The second-order valence-electron chi connectivity index (χ2n) is 12.8. The van der Waals surface area contributed by atoms with Crippen LogP contribution in [-0.2, 0) is 0 Å². The highest BCUT2D eigenvalue weighted by atomic mass is 32.2. The van der Waals surface area contributed by atoms with Gasteiger partial charge < -0.3 is 10.7 Å². The highest BCUT2D eigenvalue weighted by Gasteiger charge is 2.47. The van der Waals surface area contributed by atoms with E-state index in [-0.39, 0.29) is 37.3 Å². The Hall–Kier alpha value is -2.84. The van der Waals surface area contributed by atoms with Crippen LogP contribution in [0.15, 0.2) is 35.0 Å². The van der Waals surface area contributed by atoms with Gasteiger partial charge in [-0.25, -0.2) is 9.97 Å². The number of H-pyrrole nitrogens is 1. The van der Waals surface area contributed by atoms with Crippen molar-refractivity contribution in [2.24, 2.45) is 0 Å². The summed E-state index contributed by atoms with van der Waals surface area (Å²) in [6.45, 7) is 25.3. The number of thioether (sulfide) groups is 1. The number of anilines is 1. The summed E-state index contributed by atoms with van der Waals surface area (Å²) in [5.74, 6) is -0.252. The molecule has 0 unspecified atom stereocenters. The molecule has 0 fully saturated rings. The Balaban J connectivity index is 2.25. The lowest BCUT2D eigenvalue weighted by Gasteiger charge is -2.40. The van der Waals surface area contributed by atoms with Crippen LogP contribution in [-0.4, -0.2) is 46.8 Å². The Labute approximate surface area is 230 Å². The van der Waals surface area contributed by atoms with Crippen LogP contribution >= 0.6 is 11.8 Å². The third kappa shape index (κ3) is 5.21. The van der Waals surface area contributed by atoms with Gasteiger partial charge in [0.1, 0.15) is 10.5 Å². The number of Topliss-reactive ketones (excluding diaryl/α,β-unsaturated/α-hetero) is 1. The summed E-state index contributed by atoms with van der Waals surface area (Å²) in [5.41, 5.74) is 7.40. The highest BCUT2D eigenvalue weighted by molar-refractivity contribution is 8.04. The molecule has 3 rings (SSSR count). The molecule has 12 heteroatoms. The van der Waals surface area contributed by atoms with Crippen molar-refractivity contribution >= 4 is 66.9 Å². The van der Waals surface area contributed by atoms with Crippen LogP contribution in [0.4, 0.5) is 11.6 Å². The van der Waals surface area contributed by atoms with E-state index in [9.17, 15) is 14.9 Å². The number of benzene rings is 1.